The van der Waals surface area contributed by atoms with Crippen LogP contribution in [0.15, 0.2) is 72.8 Å². The van der Waals surface area contributed by atoms with E-state index >= 15 is 0 Å². The zero-order chi connectivity index (χ0) is 25.3. The molecule has 0 N–H and O–H groups in total. The van der Waals surface area contributed by atoms with Gasteiger partial charge in [0.05, 0.1) is 19.8 Å². The van der Waals surface area contributed by atoms with Gasteiger partial charge in [-0.3, -0.25) is 0 Å². The monoisotopic (exact) mass is 464 g/mol. The second-order valence-electron chi connectivity index (χ2n) is 9.92. The molecule has 0 amide bonds. The molecule has 2 aromatic carbocycles. The Morgan fingerprint density at radius 1 is 0.824 bits per heavy atom. The van der Waals surface area contributed by atoms with Crippen LogP contribution in [-0.4, -0.2) is 31.8 Å². The lowest BCUT2D eigenvalue weighted by Gasteiger charge is -2.22. The third kappa shape index (κ3) is 9.36. The van der Waals surface area contributed by atoms with Gasteiger partial charge in [-0.2, -0.15) is 0 Å². The summed E-state index contributed by atoms with van der Waals surface area (Å²) in [4.78, 5) is 23.5. The summed E-state index contributed by atoms with van der Waals surface area (Å²) in [7, 11) is 0. The smallest absolute Gasteiger partial charge is 0.338 e. The zero-order valence-electron chi connectivity index (χ0n) is 21.0. The number of hydrogen-bond donors (Lipinski definition) is 0. The van der Waals surface area contributed by atoms with E-state index in [2.05, 4.69) is 58.2 Å². The Bertz CT molecular complexity index is 994. The summed E-state index contributed by atoms with van der Waals surface area (Å²) >= 11 is 0. The molecule has 0 bridgehead atoms. The van der Waals surface area contributed by atoms with E-state index in [-0.39, 0.29) is 23.9 Å². The molecule has 0 aliphatic carbocycles. The quantitative estimate of drug-likeness (QED) is 0.226. The minimum absolute atomic E-state index is 0.0405. The van der Waals surface area contributed by atoms with Crippen molar-refractivity contribution < 1.29 is 23.8 Å². The van der Waals surface area contributed by atoms with Gasteiger partial charge in [0.15, 0.2) is 0 Å². The lowest BCUT2D eigenvalue weighted by Crippen LogP contribution is -2.24. The van der Waals surface area contributed by atoms with Crippen LogP contribution in [-0.2, 0) is 25.5 Å². The molecule has 182 valence electrons. The molecular weight excluding hydrogens is 428 g/mol. The van der Waals surface area contributed by atoms with Gasteiger partial charge in [-0.25, -0.2) is 9.59 Å². The maximum atomic E-state index is 11.9. The van der Waals surface area contributed by atoms with Crippen molar-refractivity contribution in [1.82, 2.24) is 0 Å². The van der Waals surface area contributed by atoms with Gasteiger partial charge in [0.2, 0.25) is 0 Å². The number of benzene rings is 2. The van der Waals surface area contributed by atoms with Gasteiger partial charge < -0.3 is 14.2 Å². The molecule has 0 radical (unpaired) electrons. The molecule has 0 aliphatic heterocycles. The Morgan fingerprint density at radius 3 is 1.85 bits per heavy atom. The highest BCUT2D eigenvalue weighted by atomic mass is 16.5. The topological polar surface area (TPSA) is 61.8 Å². The highest BCUT2D eigenvalue weighted by Gasteiger charge is 2.17. The molecule has 0 spiro atoms. The molecule has 2 rings (SSSR count). The van der Waals surface area contributed by atoms with Gasteiger partial charge in [0.25, 0.3) is 0 Å². The fourth-order valence-corrected chi connectivity index (χ4v) is 3.09. The van der Waals surface area contributed by atoms with Gasteiger partial charge in [-0.15, -0.1) is 0 Å². The van der Waals surface area contributed by atoms with Crippen molar-refractivity contribution in [3.8, 4) is 16.9 Å². The maximum absolute atomic E-state index is 11.9. The first-order valence-corrected chi connectivity index (χ1v) is 11.4. The van der Waals surface area contributed by atoms with Crippen LogP contribution in [0, 0.1) is 11.3 Å². The fraction of sp³-hybridized carbons (Fsp3) is 0.379. The number of hydrogen-bond acceptors (Lipinski definition) is 5. The highest BCUT2D eigenvalue weighted by molar-refractivity contribution is 5.88. The summed E-state index contributed by atoms with van der Waals surface area (Å²) in [5.74, 6) is -0.296. The zero-order valence-corrected chi connectivity index (χ0v) is 21.0. The summed E-state index contributed by atoms with van der Waals surface area (Å²) in [6.07, 6.45) is 0.726. The summed E-state index contributed by atoms with van der Waals surface area (Å²) < 4.78 is 16.6. The van der Waals surface area contributed by atoms with E-state index in [0.29, 0.717) is 30.1 Å². The summed E-state index contributed by atoms with van der Waals surface area (Å²) in [5.41, 5.74) is 4.01. The highest BCUT2D eigenvalue weighted by Crippen LogP contribution is 2.24. The maximum Gasteiger partial charge on any atom is 0.338 e. The van der Waals surface area contributed by atoms with Crippen LogP contribution < -0.4 is 4.74 Å². The predicted molar refractivity (Wildman–Crippen MR) is 136 cm³/mol. The van der Waals surface area contributed by atoms with Gasteiger partial charge in [0, 0.05) is 17.1 Å². The van der Waals surface area contributed by atoms with Crippen molar-refractivity contribution in [3.05, 3.63) is 78.4 Å². The first-order chi connectivity index (χ1) is 15.9. The molecule has 1 atom stereocenters. The normalized spacial score (nSPS) is 12.0. The third-order valence-corrected chi connectivity index (χ3v) is 4.91. The van der Waals surface area contributed by atoms with Crippen LogP contribution in [0.2, 0.25) is 0 Å². The Balaban J connectivity index is 2.03. The Morgan fingerprint density at radius 2 is 1.35 bits per heavy atom. The van der Waals surface area contributed by atoms with Crippen molar-refractivity contribution in [2.75, 3.05) is 19.8 Å². The van der Waals surface area contributed by atoms with Crippen molar-refractivity contribution in [3.63, 3.8) is 0 Å². The Kier molecular flexibility index (Phi) is 9.82. The molecule has 5 heteroatoms. The van der Waals surface area contributed by atoms with Gasteiger partial charge in [-0.05, 0) is 54.5 Å². The minimum atomic E-state index is -0.438. The predicted octanol–water partition coefficient (Wildman–Crippen LogP) is 6.18. The van der Waals surface area contributed by atoms with Crippen molar-refractivity contribution in [1.29, 1.82) is 0 Å². The number of carbonyl (C=O) groups excluding carboxylic acids is 2. The summed E-state index contributed by atoms with van der Waals surface area (Å²) in [6.45, 7) is 18.3. The van der Waals surface area contributed by atoms with E-state index in [0.717, 1.165) is 23.1 Å². The molecule has 2 aromatic rings. The van der Waals surface area contributed by atoms with Crippen LogP contribution in [0.4, 0.5) is 0 Å². The molecule has 0 aliphatic rings. The molecule has 0 aromatic heterocycles. The minimum Gasteiger partial charge on any atom is -0.462 e. The van der Waals surface area contributed by atoms with E-state index in [4.69, 9.17) is 14.2 Å². The van der Waals surface area contributed by atoms with Gasteiger partial charge >= 0.3 is 11.9 Å². The van der Waals surface area contributed by atoms with Crippen LogP contribution >= 0.6 is 0 Å². The summed E-state index contributed by atoms with van der Waals surface area (Å²) in [6, 6.07) is 15.6. The first-order valence-electron chi connectivity index (χ1n) is 11.4. The molecule has 34 heavy (non-hydrogen) atoms. The molecular formula is C29H36O5. The van der Waals surface area contributed by atoms with Crippen LogP contribution in [0.1, 0.15) is 40.2 Å². The second-order valence-corrected chi connectivity index (χ2v) is 9.92. The van der Waals surface area contributed by atoms with Gasteiger partial charge in [-0.1, -0.05) is 70.3 Å². The van der Waals surface area contributed by atoms with Crippen molar-refractivity contribution in [2.45, 2.75) is 41.0 Å². The molecule has 0 heterocycles. The van der Waals surface area contributed by atoms with E-state index < -0.39 is 5.97 Å². The molecule has 1 unspecified atom stereocenters. The SMILES string of the molecule is C=C(C)C(=O)OCC(COCC(C)(C)C)Cc1ccc(-c2ccc(OC(=O)C(=C)C)cc2)cc1. The second kappa shape index (κ2) is 12.3. The summed E-state index contributed by atoms with van der Waals surface area (Å²) in [5, 5.41) is 0. The van der Waals surface area contributed by atoms with Crippen molar-refractivity contribution >= 4 is 11.9 Å². The van der Waals surface area contributed by atoms with Crippen LogP contribution in [0.25, 0.3) is 11.1 Å². The molecule has 0 saturated heterocycles. The Labute approximate surface area is 203 Å². The number of esters is 2. The lowest BCUT2D eigenvalue weighted by atomic mass is 9.97. The van der Waals surface area contributed by atoms with E-state index in [1.165, 1.54) is 0 Å². The largest absolute Gasteiger partial charge is 0.462 e. The average molecular weight is 465 g/mol. The van der Waals surface area contributed by atoms with Gasteiger partial charge in [0.1, 0.15) is 5.75 Å². The molecule has 5 nitrogen and oxygen atoms in total. The lowest BCUT2D eigenvalue weighted by molar-refractivity contribution is -0.141. The third-order valence-electron chi connectivity index (χ3n) is 4.91. The first kappa shape index (κ1) is 27.1. The van der Waals surface area contributed by atoms with Crippen molar-refractivity contribution in [2.24, 2.45) is 11.3 Å². The number of ether oxygens (including phenoxy) is 3. The molecule has 0 fully saturated rings. The Hall–Kier alpha value is -3.18. The van der Waals surface area contributed by atoms with Crippen LogP contribution in [0.3, 0.4) is 0 Å². The van der Waals surface area contributed by atoms with E-state index in [1.54, 1.807) is 26.0 Å². The van der Waals surface area contributed by atoms with E-state index in [1.807, 2.05) is 12.1 Å². The average Bonchev–Trinajstić information content (AvgIpc) is 2.77. The van der Waals surface area contributed by atoms with E-state index in [9.17, 15) is 9.59 Å². The standard InChI is InChI=1S/C29H36O5/c1-20(2)27(30)33-18-23(17-32-19-29(5,6)7)16-22-8-10-24(11-9-22)25-12-14-26(15-13-25)34-28(31)21(3)4/h8-15,23H,1,3,16-19H2,2,4-7H3. The molecule has 0 saturated carbocycles. The fourth-order valence-electron chi connectivity index (χ4n) is 3.09. The number of carbonyl (C=O) groups is 2. The number of rotatable bonds is 11. The van der Waals surface area contributed by atoms with Crippen LogP contribution in [0.5, 0.6) is 5.75 Å².